The molecule has 0 atom stereocenters. The average molecular weight is 210 g/mol. The molecule has 84 valence electrons. The second-order valence-corrected chi connectivity index (χ2v) is 3.75. The summed E-state index contributed by atoms with van der Waals surface area (Å²) in [6.45, 7) is 1.10. The van der Waals surface area contributed by atoms with E-state index in [2.05, 4.69) is 0 Å². The number of benzene rings is 1. The van der Waals surface area contributed by atoms with Crippen molar-refractivity contribution in [2.45, 2.75) is 13.1 Å². The standard InChI is InChI=1S/C11H18N2O2/c1-13(2)7-9-4-8(6-12)5-10(15-3)11(9)14/h4-5,14H,6-7,12H2,1-3H3. The van der Waals surface area contributed by atoms with Crippen molar-refractivity contribution in [1.29, 1.82) is 0 Å². The molecular formula is C11H18N2O2. The molecule has 0 aliphatic carbocycles. The van der Waals surface area contributed by atoms with Gasteiger partial charge in [0, 0.05) is 18.7 Å². The van der Waals surface area contributed by atoms with Crippen LogP contribution in [0.5, 0.6) is 11.5 Å². The van der Waals surface area contributed by atoms with Gasteiger partial charge in [0.2, 0.25) is 0 Å². The summed E-state index contributed by atoms with van der Waals surface area (Å²) in [7, 11) is 5.43. The number of methoxy groups -OCH3 is 1. The van der Waals surface area contributed by atoms with E-state index in [1.807, 2.05) is 25.1 Å². The van der Waals surface area contributed by atoms with Gasteiger partial charge in [-0.3, -0.25) is 0 Å². The van der Waals surface area contributed by atoms with Gasteiger partial charge in [-0.15, -0.1) is 0 Å². The highest BCUT2D eigenvalue weighted by Gasteiger charge is 2.10. The number of nitrogens with zero attached hydrogens (tertiary/aromatic N) is 1. The summed E-state index contributed by atoms with van der Waals surface area (Å²) in [6, 6.07) is 3.66. The zero-order chi connectivity index (χ0) is 11.4. The molecule has 0 radical (unpaired) electrons. The first-order valence-corrected chi connectivity index (χ1v) is 4.82. The Bertz CT molecular complexity index is 338. The van der Waals surface area contributed by atoms with Crippen molar-refractivity contribution < 1.29 is 9.84 Å². The van der Waals surface area contributed by atoms with E-state index in [-0.39, 0.29) is 5.75 Å². The first-order valence-electron chi connectivity index (χ1n) is 4.82. The Morgan fingerprint density at radius 1 is 1.40 bits per heavy atom. The van der Waals surface area contributed by atoms with Gasteiger partial charge in [0.05, 0.1) is 7.11 Å². The molecule has 0 saturated carbocycles. The molecule has 4 nitrogen and oxygen atoms in total. The minimum atomic E-state index is 0.198. The third-order valence-electron chi connectivity index (χ3n) is 2.16. The third kappa shape index (κ3) is 2.84. The van der Waals surface area contributed by atoms with Gasteiger partial charge in [-0.25, -0.2) is 0 Å². The molecule has 0 fully saturated rings. The lowest BCUT2D eigenvalue weighted by atomic mass is 10.1. The number of hydrogen-bond donors (Lipinski definition) is 2. The van der Waals surface area contributed by atoms with E-state index < -0.39 is 0 Å². The van der Waals surface area contributed by atoms with Crippen LogP contribution in [0.15, 0.2) is 12.1 Å². The highest BCUT2D eigenvalue weighted by molar-refractivity contribution is 5.48. The highest BCUT2D eigenvalue weighted by Crippen LogP contribution is 2.31. The number of ether oxygens (including phenoxy) is 1. The van der Waals surface area contributed by atoms with Crippen LogP contribution in [0.3, 0.4) is 0 Å². The van der Waals surface area contributed by atoms with Crippen molar-refractivity contribution in [2.75, 3.05) is 21.2 Å². The molecule has 1 aromatic rings. The summed E-state index contributed by atoms with van der Waals surface area (Å²) in [6.07, 6.45) is 0. The fraction of sp³-hybridized carbons (Fsp3) is 0.455. The van der Waals surface area contributed by atoms with Crippen LogP contribution in [0.4, 0.5) is 0 Å². The van der Waals surface area contributed by atoms with Crippen LogP contribution >= 0.6 is 0 Å². The Hall–Kier alpha value is -1.26. The van der Waals surface area contributed by atoms with E-state index in [9.17, 15) is 5.11 Å². The topological polar surface area (TPSA) is 58.7 Å². The van der Waals surface area contributed by atoms with Crippen LogP contribution in [-0.4, -0.2) is 31.2 Å². The summed E-state index contributed by atoms with van der Waals surface area (Å²) in [5.74, 6) is 0.679. The number of phenols is 1. The molecule has 0 aliphatic heterocycles. The highest BCUT2D eigenvalue weighted by atomic mass is 16.5. The van der Waals surface area contributed by atoms with Crippen molar-refractivity contribution in [2.24, 2.45) is 5.73 Å². The van der Waals surface area contributed by atoms with E-state index in [1.165, 1.54) is 7.11 Å². The van der Waals surface area contributed by atoms with E-state index >= 15 is 0 Å². The fourth-order valence-corrected chi connectivity index (χ4v) is 1.46. The van der Waals surface area contributed by atoms with Gasteiger partial charge in [-0.05, 0) is 31.8 Å². The summed E-state index contributed by atoms with van der Waals surface area (Å²) in [5.41, 5.74) is 7.37. The molecule has 0 unspecified atom stereocenters. The predicted molar refractivity (Wildman–Crippen MR) is 59.9 cm³/mol. The first-order chi connectivity index (χ1) is 7.08. The Labute approximate surface area is 90.3 Å². The molecule has 1 rings (SSSR count). The number of hydrogen-bond acceptors (Lipinski definition) is 4. The van der Waals surface area contributed by atoms with Gasteiger partial charge >= 0.3 is 0 Å². The quantitative estimate of drug-likeness (QED) is 0.776. The molecule has 15 heavy (non-hydrogen) atoms. The van der Waals surface area contributed by atoms with Gasteiger partial charge < -0.3 is 20.5 Å². The van der Waals surface area contributed by atoms with Gasteiger partial charge in [0.1, 0.15) is 0 Å². The summed E-state index contributed by atoms with van der Waals surface area (Å²) < 4.78 is 5.09. The van der Waals surface area contributed by atoms with Gasteiger partial charge in [-0.1, -0.05) is 0 Å². The molecule has 0 amide bonds. The Morgan fingerprint density at radius 2 is 2.07 bits per heavy atom. The van der Waals surface area contributed by atoms with Crippen molar-refractivity contribution in [3.8, 4) is 11.5 Å². The normalized spacial score (nSPS) is 10.7. The SMILES string of the molecule is COc1cc(CN)cc(CN(C)C)c1O. The van der Waals surface area contributed by atoms with Crippen molar-refractivity contribution in [1.82, 2.24) is 4.90 Å². The molecule has 0 aromatic heterocycles. The van der Waals surface area contributed by atoms with Crippen LogP contribution in [0.2, 0.25) is 0 Å². The fourth-order valence-electron chi connectivity index (χ4n) is 1.46. The smallest absolute Gasteiger partial charge is 0.162 e. The minimum absolute atomic E-state index is 0.198. The zero-order valence-corrected chi connectivity index (χ0v) is 9.45. The Balaban J connectivity index is 3.12. The molecule has 0 aliphatic rings. The molecule has 0 bridgehead atoms. The van der Waals surface area contributed by atoms with Crippen LogP contribution in [0, 0.1) is 0 Å². The summed E-state index contributed by atoms with van der Waals surface area (Å²) in [5, 5.41) is 9.87. The van der Waals surface area contributed by atoms with E-state index in [1.54, 1.807) is 6.07 Å². The molecular weight excluding hydrogens is 192 g/mol. The largest absolute Gasteiger partial charge is 0.504 e. The number of aromatic hydroxyl groups is 1. The van der Waals surface area contributed by atoms with E-state index in [0.29, 0.717) is 18.8 Å². The molecule has 0 heterocycles. The zero-order valence-electron chi connectivity index (χ0n) is 9.45. The van der Waals surface area contributed by atoms with Crippen molar-refractivity contribution >= 4 is 0 Å². The first kappa shape index (κ1) is 11.8. The Morgan fingerprint density at radius 3 is 2.53 bits per heavy atom. The molecule has 0 spiro atoms. The molecule has 1 aromatic carbocycles. The van der Waals surface area contributed by atoms with Gasteiger partial charge in [0.15, 0.2) is 11.5 Å². The molecule has 3 N–H and O–H groups in total. The maximum absolute atomic E-state index is 9.87. The third-order valence-corrected chi connectivity index (χ3v) is 2.16. The average Bonchev–Trinajstić information content (AvgIpc) is 2.20. The molecule has 4 heteroatoms. The minimum Gasteiger partial charge on any atom is -0.504 e. The van der Waals surface area contributed by atoms with E-state index in [4.69, 9.17) is 10.5 Å². The number of phenolic OH excluding ortho intramolecular Hbond substituents is 1. The van der Waals surface area contributed by atoms with Crippen LogP contribution in [0.1, 0.15) is 11.1 Å². The van der Waals surface area contributed by atoms with Crippen LogP contribution < -0.4 is 10.5 Å². The second kappa shape index (κ2) is 5.00. The maximum atomic E-state index is 9.87. The van der Waals surface area contributed by atoms with Crippen LogP contribution in [0.25, 0.3) is 0 Å². The van der Waals surface area contributed by atoms with Crippen molar-refractivity contribution in [3.63, 3.8) is 0 Å². The van der Waals surface area contributed by atoms with Crippen molar-refractivity contribution in [3.05, 3.63) is 23.3 Å². The van der Waals surface area contributed by atoms with Crippen LogP contribution in [-0.2, 0) is 13.1 Å². The number of nitrogens with two attached hydrogens (primary N) is 1. The lowest BCUT2D eigenvalue weighted by molar-refractivity contribution is 0.354. The van der Waals surface area contributed by atoms with Gasteiger partial charge in [-0.2, -0.15) is 0 Å². The lowest BCUT2D eigenvalue weighted by Crippen LogP contribution is -2.11. The predicted octanol–water partition coefficient (Wildman–Crippen LogP) is 0.921. The van der Waals surface area contributed by atoms with E-state index in [0.717, 1.165) is 11.1 Å². The maximum Gasteiger partial charge on any atom is 0.162 e. The number of rotatable bonds is 4. The Kier molecular flexibility index (Phi) is 3.94. The summed E-state index contributed by atoms with van der Waals surface area (Å²) in [4.78, 5) is 1.98. The second-order valence-electron chi connectivity index (χ2n) is 3.75. The lowest BCUT2D eigenvalue weighted by Gasteiger charge is -2.14. The van der Waals surface area contributed by atoms with Gasteiger partial charge in [0.25, 0.3) is 0 Å². The summed E-state index contributed by atoms with van der Waals surface area (Å²) >= 11 is 0. The molecule has 0 saturated heterocycles. The monoisotopic (exact) mass is 210 g/mol.